The van der Waals surface area contributed by atoms with E-state index in [1.165, 1.54) is 0 Å². The third kappa shape index (κ3) is 12.1. The molecule has 0 heterocycles. The molecular weight excluding hydrogens is 250 g/mol. The average molecular weight is 277 g/mol. The first-order chi connectivity index (χ1) is 9.22. The van der Waals surface area contributed by atoms with Crippen molar-refractivity contribution in [3.05, 3.63) is 0 Å². The zero-order chi connectivity index (χ0) is 14.3. The van der Waals surface area contributed by atoms with Gasteiger partial charge in [0.25, 0.3) is 0 Å². The fraction of sp³-hybridized carbons (Fsp3) is 0.923. The molecule has 0 radical (unpaired) electrons. The zero-order valence-electron chi connectivity index (χ0n) is 12.1. The molecule has 0 saturated carbocycles. The molecule has 0 aliphatic rings. The lowest BCUT2D eigenvalue weighted by Gasteiger charge is -2.11. The number of methoxy groups -OCH3 is 1. The van der Waals surface area contributed by atoms with Crippen LogP contribution in [-0.2, 0) is 23.7 Å². The summed E-state index contributed by atoms with van der Waals surface area (Å²) in [6.07, 6.45) is 1.61. The summed E-state index contributed by atoms with van der Waals surface area (Å²) in [6.45, 7) is 5.28. The monoisotopic (exact) mass is 277 g/mol. The first-order valence-electron chi connectivity index (χ1n) is 6.73. The summed E-state index contributed by atoms with van der Waals surface area (Å²) in [5, 5.41) is 0. The van der Waals surface area contributed by atoms with Crippen LogP contribution in [0.5, 0.6) is 0 Å². The third-order valence-corrected chi connectivity index (χ3v) is 2.52. The summed E-state index contributed by atoms with van der Waals surface area (Å²) >= 11 is 0. The van der Waals surface area contributed by atoms with E-state index in [2.05, 4.69) is 0 Å². The molecule has 6 heteroatoms. The van der Waals surface area contributed by atoms with Gasteiger partial charge in [0.1, 0.15) is 6.61 Å². The van der Waals surface area contributed by atoms with Gasteiger partial charge in [0.05, 0.1) is 39.0 Å². The predicted molar refractivity (Wildman–Crippen MR) is 71.9 cm³/mol. The molecule has 0 aromatic carbocycles. The molecule has 0 spiro atoms. The van der Waals surface area contributed by atoms with Crippen molar-refractivity contribution in [3.8, 4) is 0 Å². The van der Waals surface area contributed by atoms with Crippen LogP contribution in [0.3, 0.4) is 0 Å². The van der Waals surface area contributed by atoms with Crippen molar-refractivity contribution in [2.75, 3.05) is 53.3 Å². The molecule has 0 aromatic rings. The van der Waals surface area contributed by atoms with Gasteiger partial charge in [-0.3, -0.25) is 4.79 Å². The van der Waals surface area contributed by atoms with Crippen molar-refractivity contribution in [2.24, 2.45) is 11.7 Å². The molecule has 0 bridgehead atoms. The van der Waals surface area contributed by atoms with Crippen LogP contribution in [0.15, 0.2) is 0 Å². The van der Waals surface area contributed by atoms with Crippen LogP contribution < -0.4 is 5.73 Å². The smallest absolute Gasteiger partial charge is 0.308 e. The Kier molecular flexibility index (Phi) is 13.2. The van der Waals surface area contributed by atoms with E-state index in [1.807, 2.05) is 6.92 Å². The summed E-state index contributed by atoms with van der Waals surface area (Å²) in [6, 6.07) is 0. The summed E-state index contributed by atoms with van der Waals surface area (Å²) in [5.41, 5.74) is 5.38. The van der Waals surface area contributed by atoms with Gasteiger partial charge in [0.2, 0.25) is 0 Å². The minimum absolute atomic E-state index is 0.0964. The highest BCUT2D eigenvalue weighted by Gasteiger charge is 2.13. The number of hydrogen-bond donors (Lipinski definition) is 1. The van der Waals surface area contributed by atoms with Crippen LogP contribution >= 0.6 is 0 Å². The van der Waals surface area contributed by atoms with E-state index in [0.717, 1.165) is 12.8 Å². The van der Waals surface area contributed by atoms with Gasteiger partial charge < -0.3 is 24.7 Å². The summed E-state index contributed by atoms with van der Waals surface area (Å²) in [4.78, 5) is 11.5. The minimum atomic E-state index is -0.187. The summed E-state index contributed by atoms with van der Waals surface area (Å²) < 4.78 is 20.4. The van der Waals surface area contributed by atoms with Gasteiger partial charge in [-0.1, -0.05) is 6.92 Å². The molecular formula is C13H27NO5. The number of nitrogens with two attached hydrogens (primary N) is 1. The summed E-state index contributed by atoms with van der Waals surface area (Å²) in [5.74, 6) is -0.283. The highest BCUT2D eigenvalue weighted by Crippen LogP contribution is 2.06. The molecule has 0 rings (SSSR count). The van der Waals surface area contributed by atoms with Gasteiger partial charge in [-0.15, -0.1) is 0 Å². The minimum Gasteiger partial charge on any atom is -0.463 e. The Labute approximate surface area is 115 Å². The van der Waals surface area contributed by atoms with E-state index in [0.29, 0.717) is 39.6 Å². The molecule has 0 aliphatic carbocycles. The largest absolute Gasteiger partial charge is 0.463 e. The van der Waals surface area contributed by atoms with E-state index in [1.54, 1.807) is 7.11 Å². The Balaban J connectivity index is 3.27. The van der Waals surface area contributed by atoms with Crippen LogP contribution in [-0.4, -0.2) is 59.3 Å². The van der Waals surface area contributed by atoms with Crippen LogP contribution in [0.25, 0.3) is 0 Å². The van der Waals surface area contributed by atoms with Gasteiger partial charge in [-0.25, -0.2) is 0 Å². The van der Waals surface area contributed by atoms with Crippen molar-refractivity contribution in [1.29, 1.82) is 0 Å². The second-order valence-electron chi connectivity index (χ2n) is 4.22. The van der Waals surface area contributed by atoms with E-state index in [9.17, 15) is 4.79 Å². The maximum absolute atomic E-state index is 11.5. The highest BCUT2D eigenvalue weighted by molar-refractivity contribution is 5.71. The molecule has 0 aliphatic heterocycles. The number of esters is 1. The summed E-state index contributed by atoms with van der Waals surface area (Å²) in [7, 11) is 1.63. The topological polar surface area (TPSA) is 80.0 Å². The maximum atomic E-state index is 11.5. The SMILES string of the molecule is COCCOCCOCCOC(=O)C(C)CCCN. The Morgan fingerprint density at radius 3 is 2.21 bits per heavy atom. The molecule has 1 unspecified atom stereocenters. The second-order valence-corrected chi connectivity index (χ2v) is 4.22. The standard InChI is InChI=1S/C13H27NO5/c1-12(4-3-5-14)13(15)19-11-10-18-9-8-17-7-6-16-2/h12H,3-11,14H2,1-2H3. The third-order valence-electron chi connectivity index (χ3n) is 2.52. The van der Waals surface area contributed by atoms with Gasteiger partial charge in [0.15, 0.2) is 0 Å². The highest BCUT2D eigenvalue weighted by atomic mass is 16.6. The fourth-order valence-corrected chi connectivity index (χ4v) is 1.35. The Morgan fingerprint density at radius 1 is 1.05 bits per heavy atom. The van der Waals surface area contributed by atoms with E-state index in [4.69, 9.17) is 24.7 Å². The molecule has 0 fully saturated rings. The molecule has 0 amide bonds. The normalized spacial score (nSPS) is 12.4. The Hall–Kier alpha value is -0.690. The molecule has 2 N–H and O–H groups in total. The quantitative estimate of drug-likeness (QED) is 0.392. The lowest BCUT2D eigenvalue weighted by molar-refractivity contribution is -0.149. The molecule has 1 atom stereocenters. The average Bonchev–Trinajstić information content (AvgIpc) is 2.42. The lowest BCUT2D eigenvalue weighted by atomic mass is 10.1. The molecule has 0 saturated heterocycles. The predicted octanol–water partition coefficient (Wildman–Crippen LogP) is 0.584. The number of carbonyl (C=O) groups is 1. The number of ether oxygens (including phenoxy) is 4. The van der Waals surface area contributed by atoms with Crippen molar-refractivity contribution in [3.63, 3.8) is 0 Å². The zero-order valence-corrected chi connectivity index (χ0v) is 12.1. The Morgan fingerprint density at radius 2 is 1.63 bits per heavy atom. The van der Waals surface area contributed by atoms with Crippen LogP contribution in [0.1, 0.15) is 19.8 Å². The number of carbonyl (C=O) groups excluding carboxylic acids is 1. The molecule has 114 valence electrons. The van der Waals surface area contributed by atoms with Crippen molar-refractivity contribution in [2.45, 2.75) is 19.8 Å². The van der Waals surface area contributed by atoms with Crippen molar-refractivity contribution >= 4 is 5.97 Å². The van der Waals surface area contributed by atoms with E-state index < -0.39 is 0 Å². The maximum Gasteiger partial charge on any atom is 0.308 e. The Bertz CT molecular complexity index is 213. The van der Waals surface area contributed by atoms with Gasteiger partial charge in [0, 0.05) is 7.11 Å². The van der Waals surface area contributed by atoms with E-state index >= 15 is 0 Å². The fourth-order valence-electron chi connectivity index (χ4n) is 1.35. The number of rotatable bonds is 13. The van der Waals surface area contributed by atoms with Crippen molar-refractivity contribution < 1.29 is 23.7 Å². The first kappa shape index (κ1) is 18.3. The molecule has 6 nitrogen and oxygen atoms in total. The van der Waals surface area contributed by atoms with E-state index in [-0.39, 0.29) is 18.5 Å². The second kappa shape index (κ2) is 13.7. The molecule has 19 heavy (non-hydrogen) atoms. The first-order valence-corrected chi connectivity index (χ1v) is 6.73. The van der Waals surface area contributed by atoms with Crippen LogP contribution in [0.4, 0.5) is 0 Å². The van der Waals surface area contributed by atoms with Crippen molar-refractivity contribution in [1.82, 2.24) is 0 Å². The number of hydrogen-bond acceptors (Lipinski definition) is 6. The molecule has 0 aromatic heterocycles. The van der Waals surface area contributed by atoms with Gasteiger partial charge in [-0.05, 0) is 19.4 Å². The van der Waals surface area contributed by atoms with Gasteiger partial charge in [-0.2, -0.15) is 0 Å². The lowest BCUT2D eigenvalue weighted by Crippen LogP contribution is -2.19. The van der Waals surface area contributed by atoms with Crippen LogP contribution in [0.2, 0.25) is 0 Å². The van der Waals surface area contributed by atoms with Gasteiger partial charge >= 0.3 is 5.97 Å². The van der Waals surface area contributed by atoms with Crippen LogP contribution in [0, 0.1) is 5.92 Å².